The van der Waals surface area contributed by atoms with Crippen molar-refractivity contribution in [2.24, 2.45) is 0 Å². The molecule has 0 aromatic heterocycles. The third kappa shape index (κ3) is 5.09. The molecule has 0 heterocycles. The smallest absolute Gasteiger partial charge is 0.246 e. The minimum atomic E-state index is -0.437. The van der Waals surface area contributed by atoms with Gasteiger partial charge in [0.25, 0.3) is 0 Å². The molecule has 23 heavy (non-hydrogen) atoms. The lowest BCUT2D eigenvalue weighted by molar-refractivity contribution is -0.118. The van der Waals surface area contributed by atoms with Crippen molar-refractivity contribution in [1.29, 1.82) is 0 Å². The molecule has 0 bridgehead atoms. The number of nitrogens with one attached hydrogen (secondary N) is 2. The van der Waals surface area contributed by atoms with Gasteiger partial charge >= 0.3 is 0 Å². The molecule has 5 nitrogen and oxygen atoms in total. The summed E-state index contributed by atoms with van der Waals surface area (Å²) in [5, 5.41) is 6.14. The molecule has 122 valence electrons. The van der Waals surface area contributed by atoms with E-state index in [0.717, 1.165) is 17.0 Å². The molecule has 2 aromatic carbocycles. The minimum absolute atomic E-state index is 0.113. The number of anilines is 1. The van der Waals surface area contributed by atoms with Crippen LogP contribution in [0.15, 0.2) is 54.6 Å². The summed E-state index contributed by atoms with van der Waals surface area (Å²) in [4.78, 5) is 12.6. The molecule has 0 aliphatic heterocycles. The van der Waals surface area contributed by atoms with Crippen molar-refractivity contribution in [2.45, 2.75) is 6.04 Å². The number of benzene rings is 2. The highest BCUT2D eigenvalue weighted by Crippen LogP contribution is 2.18. The first-order chi connectivity index (χ1) is 11.2. The van der Waals surface area contributed by atoms with Crippen molar-refractivity contribution >= 4 is 11.6 Å². The highest BCUT2D eigenvalue weighted by molar-refractivity contribution is 5.95. The van der Waals surface area contributed by atoms with E-state index in [-0.39, 0.29) is 5.91 Å². The highest BCUT2D eigenvalue weighted by atomic mass is 16.5. The number of ether oxygens (including phenoxy) is 2. The maximum Gasteiger partial charge on any atom is 0.246 e. The van der Waals surface area contributed by atoms with Crippen LogP contribution in [0.25, 0.3) is 0 Å². The van der Waals surface area contributed by atoms with E-state index >= 15 is 0 Å². The molecular formula is C18H22N2O3. The molecule has 0 saturated carbocycles. The van der Waals surface area contributed by atoms with Gasteiger partial charge in [-0.1, -0.05) is 30.3 Å². The van der Waals surface area contributed by atoms with E-state index in [4.69, 9.17) is 9.47 Å². The maximum absolute atomic E-state index is 12.6. The van der Waals surface area contributed by atoms with Crippen LogP contribution in [0.2, 0.25) is 0 Å². The molecular weight excluding hydrogens is 292 g/mol. The van der Waals surface area contributed by atoms with Crippen molar-refractivity contribution < 1.29 is 14.3 Å². The summed E-state index contributed by atoms with van der Waals surface area (Å²) in [7, 11) is 3.25. The summed E-state index contributed by atoms with van der Waals surface area (Å²) in [6.45, 7) is 1.13. The van der Waals surface area contributed by atoms with Gasteiger partial charge in [0.2, 0.25) is 5.91 Å². The zero-order chi connectivity index (χ0) is 16.5. The van der Waals surface area contributed by atoms with Crippen LogP contribution in [0.1, 0.15) is 11.6 Å². The first-order valence-electron chi connectivity index (χ1n) is 7.47. The Morgan fingerprint density at radius 1 is 1.04 bits per heavy atom. The quantitative estimate of drug-likeness (QED) is 0.735. The minimum Gasteiger partial charge on any atom is -0.497 e. The van der Waals surface area contributed by atoms with E-state index in [1.165, 1.54) is 0 Å². The van der Waals surface area contributed by atoms with Crippen LogP contribution in [0, 0.1) is 0 Å². The average molecular weight is 314 g/mol. The Kier molecular flexibility index (Phi) is 6.59. The van der Waals surface area contributed by atoms with E-state index in [1.807, 2.05) is 54.6 Å². The summed E-state index contributed by atoms with van der Waals surface area (Å²) in [6, 6.07) is 16.4. The third-order valence-corrected chi connectivity index (χ3v) is 3.41. The summed E-state index contributed by atoms with van der Waals surface area (Å²) < 4.78 is 10.2. The van der Waals surface area contributed by atoms with E-state index in [9.17, 15) is 4.79 Å². The van der Waals surface area contributed by atoms with Crippen LogP contribution in [-0.4, -0.2) is 33.3 Å². The van der Waals surface area contributed by atoms with Gasteiger partial charge < -0.3 is 14.8 Å². The molecule has 0 fully saturated rings. The number of amides is 1. The van der Waals surface area contributed by atoms with Crippen molar-refractivity contribution in [3.05, 3.63) is 60.2 Å². The largest absolute Gasteiger partial charge is 0.497 e. The van der Waals surface area contributed by atoms with Crippen LogP contribution in [0.5, 0.6) is 5.75 Å². The van der Waals surface area contributed by atoms with Crippen molar-refractivity contribution in [3.63, 3.8) is 0 Å². The van der Waals surface area contributed by atoms with Crippen molar-refractivity contribution in [1.82, 2.24) is 5.32 Å². The molecule has 1 atom stereocenters. The van der Waals surface area contributed by atoms with Gasteiger partial charge in [-0.3, -0.25) is 10.1 Å². The lowest BCUT2D eigenvalue weighted by atomic mass is 10.1. The lowest BCUT2D eigenvalue weighted by Gasteiger charge is -2.19. The molecule has 0 aliphatic carbocycles. The number of rotatable bonds is 8. The van der Waals surface area contributed by atoms with Crippen LogP contribution in [-0.2, 0) is 9.53 Å². The van der Waals surface area contributed by atoms with Gasteiger partial charge in [-0.25, -0.2) is 0 Å². The normalized spacial score (nSPS) is 11.7. The fourth-order valence-corrected chi connectivity index (χ4v) is 2.20. The number of methoxy groups -OCH3 is 2. The molecule has 0 spiro atoms. The molecule has 2 rings (SSSR count). The van der Waals surface area contributed by atoms with Gasteiger partial charge in [0.05, 0.1) is 13.7 Å². The van der Waals surface area contributed by atoms with Crippen LogP contribution >= 0.6 is 0 Å². The second-order valence-corrected chi connectivity index (χ2v) is 5.01. The molecule has 0 saturated heterocycles. The second kappa shape index (κ2) is 8.92. The van der Waals surface area contributed by atoms with Crippen LogP contribution < -0.4 is 15.4 Å². The zero-order valence-corrected chi connectivity index (χ0v) is 13.4. The molecule has 5 heteroatoms. The second-order valence-electron chi connectivity index (χ2n) is 5.01. The predicted molar refractivity (Wildman–Crippen MR) is 90.7 cm³/mol. The summed E-state index contributed by atoms with van der Waals surface area (Å²) in [5.41, 5.74) is 1.64. The Labute approximate surface area is 136 Å². The SMILES string of the molecule is COCCN[C@@H](C(=O)Nc1ccc(OC)cc1)c1ccccc1. The van der Waals surface area contributed by atoms with Gasteiger partial charge in [0.15, 0.2) is 0 Å². The molecule has 0 aliphatic rings. The highest BCUT2D eigenvalue weighted by Gasteiger charge is 2.19. The van der Waals surface area contributed by atoms with Gasteiger partial charge in [0, 0.05) is 19.3 Å². The fourth-order valence-electron chi connectivity index (χ4n) is 2.20. The standard InChI is InChI=1S/C18H22N2O3/c1-22-13-12-19-17(14-6-4-3-5-7-14)18(21)20-15-8-10-16(23-2)11-9-15/h3-11,17,19H,12-13H2,1-2H3,(H,20,21)/t17-/m1/s1. The van der Waals surface area contributed by atoms with Gasteiger partial charge in [-0.2, -0.15) is 0 Å². The molecule has 0 radical (unpaired) electrons. The Hall–Kier alpha value is -2.37. The Morgan fingerprint density at radius 2 is 1.74 bits per heavy atom. The van der Waals surface area contributed by atoms with Crippen molar-refractivity contribution in [2.75, 3.05) is 32.7 Å². The van der Waals surface area contributed by atoms with Crippen LogP contribution in [0.3, 0.4) is 0 Å². The maximum atomic E-state index is 12.6. The fraction of sp³-hybridized carbons (Fsp3) is 0.278. The van der Waals surface area contributed by atoms with E-state index in [0.29, 0.717) is 13.2 Å². The predicted octanol–water partition coefficient (Wildman–Crippen LogP) is 2.61. The number of carbonyl (C=O) groups is 1. The van der Waals surface area contributed by atoms with E-state index < -0.39 is 6.04 Å². The molecule has 2 N–H and O–H groups in total. The number of carbonyl (C=O) groups excluding carboxylic acids is 1. The number of hydrogen-bond acceptors (Lipinski definition) is 4. The van der Waals surface area contributed by atoms with E-state index in [2.05, 4.69) is 10.6 Å². The van der Waals surface area contributed by atoms with E-state index in [1.54, 1.807) is 14.2 Å². The Balaban J connectivity index is 2.08. The molecule has 0 unspecified atom stereocenters. The Bertz CT molecular complexity index is 599. The number of hydrogen-bond donors (Lipinski definition) is 2. The first kappa shape index (κ1) is 17.0. The lowest BCUT2D eigenvalue weighted by Crippen LogP contribution is -2.34. The first-order valence-corrected chi connectivity index (χ1v) is 7.47. The molecule has 1 amide bonds. The monoisotopic (exact) mass is 314 g/mol. The van der Waals surface area contributed by atoms with Gasteiger partial charge in [0.1, 0.15) is 11.8 Å². The third-order valence-electron chi connectivity index (χ3n) is 3.41. The van der Waals surface area contributed by atoms with Crippen molar-refractivity contribution in [3.8, 4) is 5.75 Å². The summed E-state index contributed by atoms with van der Waals surface area (Å²) in [5.74, 6) is 0.637. The average Bonchev–Trinajstić information content (AvgIpc) is 2.60. The summed E-state index contributed by atoms with van der Waals surface area (Å²) in [6.07, 6.45) is 0. The molecule has 2 aromatic rings. The van der Waals surface area contributed by atoms with Gasteiger partial charge in [-0.05, 0) is 29.8 Å². The topological polar surface area (TPSA) is 59.6 Å². The zero-order valence-electron chi connectivity index (χ0n) is 13.4. The summed E-state index contributed by atoms with van der Waals surface area (Å²) >= 11 is 0. The van der Waals surface area contributed by atoms with Gasteiger partial charge in [-0.15, -0.1) is 0 Å². The Morgan fingerprint density at radius 3 is 2.35 bits per heavy atom. The van der Waals surface area contributed by atoms with Crippen LogP contribution in [0.4, 0.5) is 5.69 Å².